The topological polar surface area (TPSA) is 23.0 Å². The summed E-state index contributed by atoms with van der Waals surface area (Å²) < 4.78 is 11.2. The van der Waals surface area contributed by atoms with Crippen LogP contribution in [-0.4, -0.2) is 9.13 Å². The van der Waals surface area contributed by atoms with Crippen molar-refractivity contribution in [3.63, 3.8) is 0 Å². The van der Waals surface area contributed by atoms with Gasteiger partial charge in [0.15, 0.2) is 0 Å². The quantitative estimate of drug-likeness (QED) is 0.176. The van der Waals surface area contributed by atoms with Crippen LogP contribution >= 0.6 is 0 Å². The molecule has 3 nitrogen and oxygen atoms in total. The average molecular weight is 739 g/mol. The molecule has 58 heavy (non-hydrogen) atoms. The summed E-state index contributed by atoms with van der Waals surface area (Å²) in [5.74, 6) is 0. The highest BCUT2D eigenvalue weighted by Gasteiger charge is 2.46. The molecule has 9 aromatic carbocycles. The van der Waals surface area contributed by atoms with Crippen molar-refractivity contribution in [1.29, 1.82) is 0 Å². The number of hydrogen-bond donors (Lipinski definition) is 0. The van der Waals surface area contributed by atoms with Crippen molar-refractivity contribution < 1.29 is 4.42 Å². The van der Waals surface area contributed by atoms with Crippen LogP contribution in [0.3, 0.4) is 0 Å². The number of para-hydroxylation sites is 3. The lowest BCUT2D eigenvalue weighted by Gasteiger charge is -2.34. The summed E-state index contributed by atoms with van der Waals surface area (Å²) >= 11 is 0. The molecule has 3 heterocycles. The van der Waals surface area contributed by atoms with E-state index in [1.807, 2.05) is 6.07 Å². The normalized spacial score (nSPS) is 13.3. The number of fused-ring (bicyclic) bond motifs is 12. The maximum Gasteiger partial charge on any atom is 0.137 e. The summed E-state index contributed by atoms with van der Waals surface area (Å²) in [5, 5.41) is 7.16. The molecule has 0 fully saturated rings. The number of furan rings is 1. The van der Waals surface area contributed by atoms with Gasteiger partial charge in [0, 0.05) is 32.6 Å². The van der Waals surface area contributed by atoms with E-state index in [9.17, 15) is 0 Å². The fourth-order valence-corrected chi connectivity index (χ4v) is 10.5. The lowest BCUT2D eigenvalue weighted by molar-refractivity contribution is 0.669. The molecule has 0 aliphatic heterocycles. The van der Waals surface area contributed by atoms with Gasteiger partial charge in [0.1, 0.15) is 11.2 Å². The second-order valence-corrected chi connectivity index (χ2v) is 15.6. The van der Waals surface area contributed by atoms with Crippen LogP contribution in [0.5, 0.6) is 0 Å². The maximum atomic E-state index is 6.36. The molecule has 0 spiro atoms. The molecule has 0 amide bonds. The van der Waals surface area contributed by atoms with Gasteiger partial charge in [-0.3, -0.25) is 0 Å². The molecule has 0 N–H and O–H groups in total. The van der Waals surface area contributed by atoms with E-state index < -0.39 is 5.41 Å². The highest BCUT2D eigenvalue weighted by molar-refractivity contribution is 6.15. The zero-order valence-electron chi connectivity index (χ0n) is 31.4. The first kappa shape index (κ1) is 31.6. The molecule has 12 aromatic rings. The van der Waals surface area contributed by atoms with Gasteiger partial charge < -0.3 is 13.6 Å². The lowest BCUT2D eigenvalue weighted by Crippen LogP contribution is -2.28. The van der Waals surface area contributed by atoms with Gasteiger partial charge in [0.25, 0.3) is 0 Å². The van der Waals surface area contributed by atoms with Crippen LogP contribution in [0.25, 0.3) is 88.1 Å². The number of aromatic nitrogens is 2. The fraction of sp³-hybridized carbons (Fsp3) is 0.0182. The van der Waals surface area contributed by atoms with E-state index in [0.717, 1.165) is 38.8 Å². The second-order valence-electron chi connectivity index (χ2n) is 15.6. The van der Waals surface area contributed by atoms with Crippen LogP contribution in [0.4, 0.5) is 0 Å². The van der Waals surface area contributed by atoms with Crippen molar-refractivity contribution in [2.24, 2.45) is 0 Å². The second kappa shape index (κ2) is 11.7. The lowest BCUT2D eigenvalue weighted by atomic mass is 9.67. The van der Waals surface area contributed by atoms with E-state index in [1.165, 1.54) is 71.5 Å². The van der Waals surface area contributed by atoms with Crippen molar-refractivity contribution in [2.75, 3.05) is 0 Å². The van der Waals surface area contributed by atoms with E-state index in [0.29, 0.717) is 0 Å². The highest BCUT2D eigenvalue weighted by Crippen LogP contribution is 2.56. The predicted octanol–water partition coefficient (Wildman–Crippen LogP) is 14.1. The Hall–Kier alpha value is -7.62. The van der Waals surface area contributed by atoms with Crippen molar-refractivity contribution in [3.8, 4) is 22.5 Å². The molecule has 0 radical (unpaired) electrons. The Morgan fingerprint density at radius 3 is 1.66 bits per heavy atom. The van der Waals surface area contributed by atoms with E-state index in [4.69, 9.17) is 4.42 Å². The van der Waals surface area contributed by atoms with Gasteiger partial charge in [-0.15, -0.1) is 0 Å². The number of benzene rings is 9. The van der Waals surface area contributed by atoms with Crippen LogP contribution < -0.4 is 0 Å². The minimum Gasteiger partial charge on any atom is -0.456 e. The van der Waals surface area contributed by atoms with E-state index in [2.05, 4.69) is 209 Å². The first-order chi connectivity index (χ1) is 28.8. The molecule has 3 heteroatoms. The maximum absolute atomic E-state index is 6.36. The summed E-state index contributed by atoms with van der Waals surface area (Å²) in [4.78, 5) is 0. The summed E-state index contributed by atoms with van der Waals surface area (Å²) in [7, 11) is 0. The molecule has 3 aromatic heterocycles. The zero-order chi connectivity index (χ0) is 38.0. The summed E-state index contributed by atoms with van der Waals surface area (Å²) in [6, 6.07) is 75.6. The number of hydrogen-bond acceptors (Lipinski definition) is 1. The molecular weight excluding hydrogens is 705 g/mol. The van der Waals surface area contributed by atoms with E-state index in [1.54, 1.807) is 0 Å². The minimum atomic E-state index is -0.463. The van der Waals surface area contributed by atoms with Gasteiger partial charge in [-0.2, -0.15) is 0 Å². The number of rotatable bonds is 4. The van der Waals surface area contributed by atoms with E-state index in [-0.39, 0.29) is 0 Å². The molecule has 1 aliphatic carbocycles. The molecular formula is C55H34N2O. The van der Waals surface area contributed by atoms with Crippen LogP contribution in [-0.2, 0) is 5.41 Å². The zero-order valence-corrected chi connectivity index (χ0v) is 31.4. The molecule has 0 saturated heterocycles. The van der Waals surface area contributed by atoms with Gasteiger partial charge in [-0.1, -0.05) is 146 Å². The molecule has 0 atom stereocenters. The molecule has 1 aliphatic rings. The van der Waals surface area contributed by atoms with Crippen LogP contribution in [0.15, 0.2) is 211 Å². The minimum absolute atomic E-state index is 0.463. The van der Waals surface area contributed by atoms with Gasteiger partial charge in [-0.25, -0.2) is 0 Å². The summed E-state index contributed by atoms with van der Waals surface area (Å²) in [5.41, 5.74) is 16.1. The molecule has 0 bridgehead atoms. The Morgan fingerprint density at radius 1 is 0.345 bits per heavy atom. The predicted molar refractivity (Wildman–Crippen MR) is 240 cm³/mol. The first-order valence-corrected chi connectivity index (χ1v) is 20.0. The smallest absolute Gasteiger partial charge is 0.137 e. The Morgan fingerprint density at radius 2 is 0.897 bits per heavy atom. The third-order valence-electron chi connectivity index (χ3n) is 12.8. The van der Waals surface area contributed by atoms with Crippen molar-refractivity contribution in [2.45, 2.75) is 5.41 Å². The molecule has 0 saturated carbocycles. The average Bonchev–Trinajstić information content (AvgIpc) is 4.02. The Balaban J connectivity index is 1.06. The Labute approximate surface area is 334 Å². The third-order valence-corrected chi connectivity index (χ3v) is 12.8. The molecule has 13 rings (SSSR count). The SMILES string of the molecule is c1ccc(C2(c3ccc4c(c3)c3ccccc3n4-c3ccc4c(c3)c3ccccc3n4-c3cccc4oc5ccccc5c34)c3ccccc3-c3ccccc32)cc1. The van der Waals surface area contributed by atoms with Crippen LogP contribution in [0.2, 0.25) is 0 Å². The van der Waals surface area contributed by atoms with Crippen molar-refractivity contribution >= 4 is 65.6 Å². The Kier molecular flexibility index (Phi) is 6.37. The number of nitrogens with zero attached hydrogens (tertiary/aromatic N) is 2. The highest BCUT2D eigenvalue weighted by atomic mass is 16.3. The summed E-state index contributed by atoms with van der Waals surface area (Å²) in [6.45, 7) is 0. The molecule has 0 unspecified atom stereocenters. The van der Waals surface area contributed by atoms with Gasteiger partial charge in [-0.05, 0) is 94.0 Å². The first-order valence-electron chi connectivity index (χ1n) is 20.0. The van der Waals surface area contributed by atoms with Crippen molar-refractivity contribution in [3.05, 3.63) is 229 Å². The van der Waals surface area contributed by atoms with Gasteiger partial charge in [0.2, 0.25) is 0 Å². The van der Waals surface area contributed by atoms with Gasteiger partial charge >= 0.3 is 0 Å². The van der Waals surface area contributed by atoms with Gasteiger partial charge in [0.05, 0.1) is 38.6 Å². The monoisotopic (exact) mass is 738 g/mol. The van der Waals surface area contributed by atoms with E-state index >= 15 is 0 Å². The summed E-state index contributed by atoms with van der Waals surface area (Å²) in [6.07, 6.45) is 0. The van der Waals surface area contributed by atoms with Crippen LogP contribution in [0, 0.1) is 0 Å². The molecule has 270 valence electrons. The van der Waals surface area contributed by atoms with Crippen molar-refractivity contribution in [1.82, 2.24) is 9.13 Å². The largest absolute Gasteiger partial charge is 0.456 e. The standard InChI is InChI=1S/C55H34N2O/c1-2-15-35(16-3-1)55(45-22-9-4-17-38(45)39-18-5-10-23-46(39)55)36-29-31-49-43(33-36)40-19-6-11-24-47(40)56(49)37-30-32-50-44(34-37)41-20-7-12-25-48(41)57(50)51-26-14-28-53-54(51)42-21-8-13-27-52(42)58-53/h1-34H. The fourth-order valence-electron chi connectivity index (χ4n) is 10.5. The van der Waals surface area contributed by atoms with Crippen LogP contribution in [0.1, 0.15) is 22.3 Å². The third kappa shape index (κ3) is 4.07. The Bertz CT molecular complexity index is 3590.